The van der Waals surface area contributed by atoms with Gasteiger partial charge in [0, 0.05) is 18.1 Å². The smallest absolute Gasteiger partial charge is 0.230 e. The standard InChI is InChI=1S/C21H23N7/c1-2-28-13-19(26-27-28)24-21-23-18(17-11-12-22-20(17)25-21)10-9-15-8-7-14-5-3-4-6-16(14)15/h3-6,11-13,15H,2,7-10H2,1H3,(H2,22,23,24,25)/t15-/m1/s1. The van der Waals surface area contributed by atoms with Crippen LogP contribution in [-0.4, -0.2) is 29.9 Å². The number of aromatic amines is 1. The van der Waals surface area contributed by atoms with E-state index in [0.717, 1.165) is 36.1 Å². The zero-order valence-electron chi connectivity index (χ0n) is 15.9. The highest BCUT2D eigenvalue weighted by atomic mass is 15.4. The molecule has 0 spiro atoms. The van der Waals surface area contributed by atoms with Crippen LogP contribution in [0.5, 0.6) is 0 Å². The number of aromatic nitrogens is 6. The maximum atomic E-state index is 4.80. The van der Waals surface area contributed by atoms with Gasteiger partial charge < -0.3 is 10.3 Å². The Kier molecular flexibility index (Phi) is 4.27. The molecular formula is C21H23N7. The van der Waals surface area contributed by atoms with Gasteiger partial charge in [0.05, 0.1) is 11.9 Å². The Balaban J connectivity index is 1.38. The number of fused-ring (bicyclic) bond motifs is 2. The van der Waals surface area contributed by atoms with Crippen LogP contribution in [-0.2, 0) is 19.4 Å². The van der Waals surface area contributed by atoms with E-state index in [1.807, 2.05) is 19.3 Å². The minimum Gasteiger partial charge on any atom is -0.346 e. The molecular weight excluding hydrogens is 350 g/mol. The fourth-order valence-corrected chi connectivity index (χ4v) is 4.13. The summed E-state index contributed by atoms with van der Waals surface area (Å²) in [5.41, 5.74) is 4.93. The van der Waals surface area contributed by atoms with Crippen LogP contribution in [0.25, 0.3) is 11.0 Å². The summed E-state index contributed by atoms with van der Waals surface area (Å²) in [5.74, 6) is 1.82. The van der Waals surface area contributed by atoms with Crippen LogP contribution in [0.3, 0.4) is 0 Å². The average molecular weight is 373 g/mol. The van der Waals surface area contributed by atoms with Crippen LogP contribution in [0, 0.1) is 0 Å². The molecule has 0 fully saturated rings. The molecule has 3 heterocycles. The molecule has 7 nitrogen and oxygen atoms in total. The van der Waals surface area contributed by atoms with Crippen molar-refractivity contribution in [2.75, 3.05) is 5.32 Å². The molecule has 3 aromatic heterocycles. The molecule has 7 heteroatoms. The topological polar surface area (TPSA) is 84.3 Å². The number of nitrogens with one attached hydrogen (secondary N) is 2. The second-order valence-corrected chi connectivity index (χ2v) is 7.29. The van der Waals surface area contributed by atoms with E-state index in [0.29, 0.717) is 17.7 Å². The Hall–Kier alpha value is -3.22. The van der Waals surface area contributed by atoms with Gasteiger partial charge in [-0.25, -0.2) is 4.98 Å². The van der Waals surface area contributed by atoms with Crippen molar-refractivity contribution in [3.05, 3.63) is 59.5 Å². The summed E-state index contributed by atoms with van der Waals surface area (Å²) in [5, 5.41) is 12.5. The first-order chi connectivity index (χ1) is 13.8. The molecule has 0 amide bonds. The summed E-state index contributed by atoms with van der Waals surface area (Å²) >= 11 is 0. The Morgan fingerprint density at radius 3 is 3.04 bits per heavy atom. The third kappa shape index (κ3) is 3.13. The highest BCUT2D eigenvalue weighted by molar-refractivity contribution is 5.79. The lowest BCUT2D eigenvalue weighted by molar-refractivity contribution is 0.615. The van der Waals surface area contributed by atoms with Crippen molar-refractivity contribution in [2.24, 2.45) is 0 Å². The molecule has 1 aromatic carbocycles. The lowest BCUT2D eigenvalue weighted by Gasteiger charge is -2.12. The highest BCUT2D eigenvalue weighted by Crippen LogP contribution is 2.36. The van der Waals surface area contributed by atoms with Crippen molar-refractivity contribution in [3.63, 3.8) is 0 Å². The zero-order chi connectivity index (χ0) is 18.9. The molecule has 0 aliphatic heterocycles. The van der Waals surface area contributed by atoms with Crippen LogP contribution < -0.4 is 5.32 Å². The first kappa shape index (κ1) is 16.9. The molecule has 4 aromatic rings. The lowest BCUT2D eigenvalue weighted by Crippen LogP contribution is -2.04. The third-order valence-electron chi connectivity index (χ3n) is 5.58. The summed E-state index contributed by atoms with van der Waals surface area (Å²) in [6.45, 7) is 2.80. The van der Waals surface area contributed by atoms with E-state index < -0.39 is 0 Å². The normalized spacial score (nSPS) is 15.8. The summed E-state index contributed by atoms with van der Waals surface area (Å²) in [6, 6.07) is 10.9. The fraction of sp³-hybridized carbons (Fsp3) is 0.333. The Morgan fingerprint density at radius 2 is 2.14 bits per heavy atom. The van der Waals surface area contributed by atoms with Gasteiger partial charge in [0.15, 0.2) is 5.82 Å². The average Bonchev–Trinajstić information content (AvgIpc) is 3.45. The van der Waals surface area contributed by atoms with E-state index >= 15 is 0 Å². The largest absolute Gasteiger partial charge is 0.346 e. The molecule has 1 atom stereocenters. The van der Waals surface area contributed by atoms with E-state index in [4.69, 9.17) is 4.98 Å². The van der Waals surface area contributed by atoms with E-state index in [9.17, 15) is 0 Å². The van der Waals surface area contributed by atoms with Gasteiger partial charge in [0.1, 0.15) is 5.65 Å². The molecule has 28 heavy (non-hydrogen) atoms. The lowest BCUT2D eigenvalue weighted by atomic mass is 9.95. The van der Waals surface area contributed by atoms with Gasteiger partial charge in [-0.05, 0) is 55.7 Å². The number of anilines is 2. The molecule has 1 aliphatic carbocycles. The number of aryl methyl sites for hydroxylation is 3. The fourth-order valence-electron chi connectivity index (χ4n) is 4.13. The quantitative estimate of drug-likeness (QED) is 0.534. The molecule has 0 radical (unpaired) electrons. The van der Waals surface area contributed by atoms with Crippen LogP contribution >= 0.6 is 0 Å². The molecule has 2 N–H and O–H groups in total. The predicted octanol–water partition coefficient (Wildman–Crippen LogP) is 3.98. The highest BCUT2D eigenvalue weighted by Gasteiger charge is 2.22. The summed E-state index contributed by atoms with van der Waals surface area (Å²) in [7, 11) is 0. The van der Waals surface area contributed by atoms with Crippen LogP contribution in [0.4, 0.5) is 11.8 Å². The van der Waals surface area contributed by atoms with Gasteiger partial charge in [-0.2, -0.15) is 4.98 Å². The molecule has 0 unspecified atom stereocenters. The first-order valence-corrected chi connectivity index (χ1v) is 9.89. The number of rotatable bonds is 6. The Labute approximate surface area is 163 Å². The van der Waals surface area contributed by atoms with E-state index in [1.54, 1.807) is 4.68 Å². The van der Waals surface area contributed by atoms with E-state index in [-0.39, 0.29) is 0 Å². The molecule has 142 valence electrons. The van der Waals surface area contributed by atoms with Gasteiger partial charge in [0.2, 0.25) is 5.95 Å². The van der Waals surface area contributed by atoms with E-state index in [2.05, 4.69) is 55.9 Å². The SMILES string of the molecule is CCn1cc(Nc2nc(CC[C@H]3CCc4ccccc43)c3cc[nH]c3n2)nn1. The van der Waals surface area contributed by atoms with Crippen LogP contribution in [0.15, 0.2) is 42.7 Å². The monoisotopic (exact) mass is 373 g/mol. The van der Waals surface area contributed by atoms with E-state index in [1.165, 1.54) is 24.0 Å². The summed E-state index contributed by atoms with van der Waals surface area (Å²) in [6.07, 6.45) is 8.21. The Bertz CT molecular complexity index is 1110. The van der Waals surface area contributed by atoms with Gasteiger partial charge >= 0.3 is 0 Å². The number of nitrogens with zero attached hydrogens (tertiary/aromatic N) is 5. The molecule has 1 aliphatic rings. The molecule has 0 saturated heterocycles. The number of hydrogen-bond donors (Lipinski definition) is 2. The number of H-pyrrole nitrogens is 1. The third-order valence-corrected chi connectivity index (χ3v) is 5.58. The minimum absolute atomic E-state index is 0.555. The summed E-state index contributed by atoms with van der Waals surface area (Å²) < 4.78 is 1.77. The minimum atomic E-state index is 0.555. The van der Waals surface area contributed by atoms with Crippen LogP contribution in [0.2, 0.25) is 0 Å². The van der Waals surface area contributed by atoms with Gasteiger partial charge in [-0.1, -0.05) is 29.5 Å². The molecule has 0 saturated carbocycles. The zero-order valence-corrected chi connectivity index (χ0v) is 15.9. The molecule has 0 bridgehead atoms. The van der Waals surface area contributed by atoms with Crippen molar-refractivity contribution < 1.29 is 0 Å². The Morgan fingerprint density at radius 1 is 1.21 bits per heavy atom. The summed E-state index contributed by atoms with van der Waals surface area (Å²) in [4.78, 5) is 12.6. The van der Waals surface area contributed by atoms with Crippen molar-refractivity contribution in [2.45, 2.75) is 45.1 Å². The van der Waals surface area contributed by atoms with Crippen molar-refractivity contribution in [1.82, 2.24) is 29.9 Å². The van der Waals surface area contributed by atoms with Crippen LogP contribution in [0.1, 0.15) is 42.5 Å². The van der Waals surface area contributed by atoms with Crippen molar-refractivity contribution in [3.8, 4) is 0 Å². The molecule has 5 rings (SSSR count). The first-order valence-electron chi connectivity index (χ1n) is 9.89. The maximum absolute atomic E-state index is 4.80. The van der Waals surface area contributed by atoms with Gasteiger partial charge in [-0.15, -0.1) is 5.10 Å². The maximum Gasteiger partial charge on any atom is 0.230 e. The second kappa shape index (κ2) is 7.07. The van der Waals surface area contributed by atoms with Crippen molar-refractivity contribution >= 4 is 22.8 Å². The van der Waals surface area contributed by atoms with Gasteiger partial charge in [-0.3, -0.25) is 4.68 Å². The second-order valence-electron chi connectivity index (χ2n) is 7.29. The predicted molar refractivity (Wildman–Crippen MR) is 109 cm³/mol. The number of hydrogen-bond acceptors (Lipinski definition) is 5. The van der Waals surface area contributed by atoms with Gasteiger partial charge in [0.25, 0.3) is 0 Å². The van der Waals surface area contributed by atoms with Crippen molar-refractivity contribution in [1.29, 1.82) is 0 Å². The number of benzene rings is 1.